The van der Waals surface area contributed by atoms with Crippen molar-refractivity contribution in [3.8, 4) is 0 Å². The monoisotopic (exact) mass is 514 g/mol. The molecule has 3 heterocycles. The highest BCUT2D eigenvalue weighted by molar-refractivity contribution is 5.90. The molecular weight excluding hydrogens is 485 g/mol. The number of fused-ring (bicyclic) bond motifs is 2. The van der Waals surface area contributed by atoms with Gasteiger partial charge in [0.05, 0.1) is 22.8 Å². The first kappa shape index (κ1) is 25.0. The zero-order valence-corrected chi connectivity index (χ0v) is 21.1. The van der Waals surface area contributed by atoms with Crippen LogP contribution in [0.5, 0.6) is 0 Å². The second-order valence-corrected chi connectivity index (χ2v) is 10.7. The van der Waals surface area contributed by atoms with Crippen molar-refractivity contribution in [2.75, 3.05) is 23.3 Å². The highest BCUT2D eigenvalue weighted by Gasteiger charge is 2.61. The summed E-state index contributed by atoms with van der Waals surface area (Å²) in [4.78, 5) is 27.9. The van der Waals surface area contributed by atoms with Crippen LogP contribution in [0.3, 0.4) is 0 Å². The molecule has 37 heavy (non-hydrogen) atoms. The zero-order valence-electron chi connectivity index (χ0n) is 21.1. The predicted molar refractivity (Wildman–Crippen MR) is 133 cm³/mol. The third kappa shape index (κ3) is 5.12. The summed E-state index contributed by atoms with van der Waals surface area (Å²) in [6, 6.07) is 5.81. The number of benzene rings is 1. The molecule has 3 aromatic rings. The lowest BCUT2D eigenvalue weighted by atomic mass is 10.1. The number of pyridine rings is 1. The smallest absolute Gasteiger partial charge is 0.408 e. The molecule has 1 saturated heterocycles. The van der Waals surface area contributed by atoms with Crippen molar-refractivity contribution in [3.63, 3.8) is 0 Å². The van der Waals surface area contributed by atoms with E-state index in [4.69, 9.17) is 4.74 Å². The summed E-state index contributed by atoms with van der Waals surface area (Å²) in [7, 11) is 0. The van der Waals surface area contributed by atoms with Crippen LogP contribution in [0.2, 0.25) is 0 Å². The topological polar surface area (TPSA) is 92.3 Å². The zero-order chi connectivity index (χ0) is 26.5. The van der Waals surface area contributed by atoms with Crippen molar-refractivity contribution in [2.24, 2.45) is 5.92 Å². The molecule has 196 valence electrons. The fourth-order valence-electron chi connectivity index (χ4n) is 4.89. The Morgan fingerprint density at radius 1 is 1.30 bits per heavy atom. The summed E-state index contributed by atoms with van der Waals surface area (Å²) >= 11 is 0. The molecule has 1 aliphatic heterocycles. The van der Waals surface area contributed by atoms with Crippen LogP contribution >= 0.6 is 0 Å². The van der Waals surface area contributed by atoms with Crippen LogP contribution in [0.25, 0.3) is 10.9 Å². The molecule has 5 rings (SSSR count). The van der Waals surface area contributed by atoms with Gasteiger partial charge in [0.2, 0.25) is 0 Å². The van der Waals surface area contributed by atoms with Crippen molar-refractivity contribution in [1.82, 2.24) is 20.3 Å². The van der Waals surface area contributed by atoms with Gasteiger partial charge in [-0.3, -0.25) is 0 Å². The summed E-state index contributed by atoms with van der Waals surface area (Å²) in [5.41, 5.74) is -0.820. The SMILES string of the molecule is Cc1nc(NCc2cccc(C(F)F)c2F)c2cc(N3C[C@H]4C[C@@]4(NC(=O)OC(C)(C)C)C3)ncc2n1. The van der Waals surface area contributed by atoms with Crippen LogP contribution < -0.4 is 15.5 Å². The summed E-state index contributed by atoms with van der Waals surface area (Å²) in [5.74, 6) is 1.02. The number of alkyl carbamates (subject to hydrolysis) is 1. The number of alkyl halides is 2. The Bertz CT molecular complexity index is 1360. The van der Waals surface area contributed by atoms with Crippen molar-refractivity contribution >= 4 is 28.6 Å². The van der Waals surface area contributed by atoms with Gasteiger partial charge in [-0.1, -0.05) is 18.2 Å². The molecule has 0 spiro atoms. The number of carbonyl (C=O) groups is 1. The Labute approximate surface area is 212 Å². The maximum absolute atomic E-state index is 14.5. The third-order valence-electron chi connectivity index (χ3n) is 6.69. The molecule has 1 aromatic carbocycles. The molecular formula is C26H29F3N6O2. The Morgan fingerprint density at radius 2 is 2.08 bits per heavy atom. The predicted octanol–water partition coefficient (Wildman–Crippen LogP) is 5.13. The molecule has 1 saturated carbocycles. The van der Waals surface area contributed by atoms with Crippen LogP contribution in [0.15, 0.2) is 30.5 Å². The summed E-state index contributed by atoms with van der Waals surface area (Å²) < 4.78 is 46.2. The van der Waals surface area contributed by atoms with Gasteiger partial charge < -0.3 is 20.3 Å². The number of anilines is 2. The quantitative estimate of drug-likeness (QED) is 0.471. The van der Waals surface area contributed by atoms with Gasteiger partial charge >= 0.3 is 6.09 Å². The Hall–Kier alpha value is -3.63. The van der Waals surface area contributed by atoms with Crippen LogP contribution in [0.4, 0.5) is 29.6 Å². The lowest BCUT2D eigenvalue weighted by Crippen LogP contribution is -2.44. The molecule has 2 aromatic heterocycles. The number of nitrogens with zero attached hydrogens (tertiary/aromatic N) is 4. The average molecular weight is 515 g/mol. The number of rotatable bonds is 6. The van der Waals surface area contributed by atoms with E-state index < -0.39 is 29.5 Å². The van der Waals surface area contributed by atoms with E-state index in [1.807, 2.05) is 26.8 Å². The van der Waals surface area contributed by atoms with Crippen molar-refractivity contribution < 1.29 is 22.7 Å². The Kier molecular flexibility index (Phi) is 6.12. The fraction of sp³-hybridized carbons (Fsp3) is 0.462. The first-order valence-electron chi connectivity index (χ1n) is 12.1. The summed E-state index contributed by atoms with van der Waals surface area (Å²) in [5, 5.41) is 6.80. The second-order valence-electron chi connectivity index (χ2n) is 10.7. The number of halogens is 3. The van der Waals surface area contributed by atoms with Crippen LogP contribution in [0.1, 0.15) is 50.6 Å². The van der Waals surface area contributed by atoms with Gasteiger partial charge in [0.15, 0.2) is 0 Å². The minimum Gasteiger partial charge on any atom is -0.444 e. The van der Waals surface area contributed by atoms with Crippen LogP contribution in [0, 0.1) is 18.7 Å². The number of piperidine rings is 1. The van der Waals surface area contributed by atoms with E-state index >= 15 is 0 Å². The lowest BCUT2D eigenvalue weighted by Gasteiger charge is -2.25. The maximum atomic E-state index is 14.5. The van der Waals surface area contributed by atoms with Crippen molar-refractivity contribution in [3.05, 3.63) is 53.2 Å². The Balaban J connectivity index is 1.35. The molecule has 0 radical (unpaired) electrons. The number of ether oxygens (including phenoxy) is 1. The van der Waals surface area contributed by atoms with Crippen LogP contribution in [-0.4, -0.2) is 45.3 Å². The van der Waals surface area contributed by atoms with E-state index in [0.29, 0.717) is 40.8 Å². The number of nitrogens with one attached hydrogen (secondary N) is 2. The first-order chi connectivity index (χ1) is 17.4. The fourth-order valence-corrected chi connectivity index (χ4v) is 4.89. The molecule has 0 unspecified atom stereocenters. The number of aromatic nitrogens is 3. The molecule has 2 aliphatic rings. The average Bonchev–Trinajstić information content (AvgIpc) is 3.34. The molecule has 1 aliphatic carbocycles. The maximum Gasteiger partial charge on any atom is 0.408 e. The highest BCUT2D eigenvalue weighted by Crippen LogP contribution is 2.50. The van der Waals surface area contributed by atoms with Gasteiger partial charge in [0.25, 0.3) is 6.43 Å². The van der Waals surface area contributed by atoms with E-state index in [2.05, 4.69) is 30.5 Å². The van der Waals surface area contributed by atoms with E-state index in [0.717, 1.165) is 19.0 Å². The number of hydrogen-bond donors (Lipinski definition) is 2. The minimum atomic E-state index is -2.89. The molecule has 11 heteroatoms. The second kappa shape index (κ2) is 9.04. The molecule has 2 N–H and O–H groups in total. The van der Waals surface area contributed by atoms with Crippen molar-refractivity contribution in [2.45, 2.75) is 58.2 Å². The third-order valence-corrected chi connectivity index (χ3v) is 6.69. The first-order valence-corrected chi connectivity index (χ1v) is 12.1. The van der Waals surface area contributed by atoms with Gasteiger partial charge in [-0.05, 0) is 40.2 Å². The standard InChI is InChI=1S/C26H29F3N6O2/c1-14-32-19-11-30-20(35-12-16-9-26(16,13-35)34-24(36)37-25(2,3)4)8-18(19)23(33-14)31-10-15-6-5-7-17(21(15)27)22(28)29/h5-8,11,16,22H,9-10,12-13H2,1-4H3,(H,34,36)(H,31,32,33)/t16-,26-/m1/s1. The highest BCUT2D eigenvalue weighted by atomic mass is 19.3. The van der Waals surface area contributed by atoms with E-state index in [1.165, 1.54) is 12.1 Å². The minimum absolute atomic E-state index is 0.0235. The van der Waals surface area contributed by atoms with Gasteiger partial charge in [0.1, 0.15) is 28.9 Å². The summed E-state index contributed by atoms with van der Waals surface area (Å²) in [6.07, 6.45) is -0.785. The normalized spacial score (nSPS) is 20.8. The van der Waals surface area contributed by atoms with Gasteiger partial charge in [-0.15, -0.1) is 0 Å². The molecule has 0 bridgehead atoms. The number of hydrogen-bond acceptors (Lipinski definition) is 7. The number of amides is 1. The van der Waals surface area contributed by atoms with Gasteiger partial charge in [-0.25, -0.2) is 32.9 Å². The van der Waals surface area contributed by atoms with E-state index in [-0.39, 0.29) is 17.6 Å². The van der Waals surface area contributed by atoms with Crippen molar-refractivity contribution in [1.29, 1.82) is 0 Å². The van der Waals surface area contributed by atoms with E-state index in [9.17, 15) is 18.0 Å². The van der Waals surface area contributed by atoms with Gasteiger partial charge in [0, 0.05) is 36.5 Å². The molecule has 2 fully saturated rings. The van der Waals surface area contributed by atoms with Crippen LogP contribution in [-0.2, 0) is 11.3 Å². The number of carbonyl (C=O) groups excluding carboxylic acids is 1. The molecule has 2 atom stereocenters. The van der Waals surface area contributed by atoms with Gasteiger partial charge in [-0.2, -0.15) is 0 Å². The molecule has 1 amide bonds. The largest absolute Gasteiger partial charge is 0.444 e. The summed E-state index contributed by atoms with van der Waals surface area (Å²) in [6.45, 7) is 8.52. The van der Waals surface area contributed by atoms with E-state index in [1.54, 1.807) is 13.1 Å². The lowest BCUT2D eigenvalue weighted by molar-refractivity contribution is 0.0498. The molecule has 8 nitrogen and oxygen atoms in total. The Morgan fingerprint density at radius 3 is 2.81 bits per heavy atom. The number of aryl methyl sites for hydroxylation is 1.